The average Bonchev–Trinajstić information content (AvgIpc) is 3.19. The van der Waals surface area contributed by atoms with Crippen LogP contribution in [0.2, 0.25) is 0 Å². The van der Waals surface area contributed by atoms with Crippen molar-refractivity contribution in [2.45, 2.75) is 129 Å². The zero-order valence-corrected chi connectivity index (χ0v) is 25.7. The number of rotatable bonds is 17. The molecule has 1 saturated carbocycles. The molecule has 3 rings (SSSR count). The van der Waals surface area contributed by atoms with Gasteiger partial charge in [-0.3, -0.25) is 4.79 Å². The lowest BCUT2D eigenvalue weighted by molar-refractivity contribution is -0.284. The van der Waals surface area contributed by atoms with Gasteiger partial charge in [0, 0.05) is 18.3 Å². The summed E-state index contributed by atoms with van der Waals surface area (Å²) in [4.78, 5) is 13.0. The first-order valence-corrected chi connectivity index (χ1v) is 16.9. The summed E-state index contributed by atoms with van der Waals surface area (Å²) in [6, 6.07) is 5.80. The Labute approximate surface area is 247 Å². The Bertz CT molecular complexity index is 965. The second-order valence-corrected chi connectivity index (χ2v) is 13.9. The molecule has 4 atom stereocenters. The number of halogens is 5. The fourth-order valence-electron chi connectivity index (χ4n) is 7.41. The molecule has 234 valence electrons. The summed E-state index contributed by atoms with van der Waals surface area (Å²) in [5.41, 5.74) is 2.39. The number of phenols is 1. The molecule has 3 unspecified atom stereocenters. The van der Waals surface area contributed by atoms with Crippen LogP contribution in [0.25, 0.3) is 0 Å². The number of unbranched alkanes of at least 4 members (excludes halogenated alkanes) is 6. The van der Waals surface area contributed by atoms with Crippen LogP contribution < -0.4 is 0 Å². The summed E-state index contributed by atoms with van der Waals surface area (Å²) < 4.78 is 62.4. The lowest BCUT2D eigenvalue weighted by atomic mass is 9.61. The number of thioether (sulfide) groups is 1. The molecule has 0 spiro atoms. The molecule has 0 saturated heterocycles. The van der Waals surface area contributed by atoms with Crippen LogP contribution in [0, 0.1) is 23.2 Å². The van der Waals surface area contributed by atoms with Crippen molar-refractivity contribution in [3.05, 3.63) is 29.3 Å². The van der Waals surface area contributed by atoms with E-state index in [4.69, 9.17) is 0 Å². The van der Waals surface area contributed by atoms with E-state index in [9.17, 15) is 31.9 Å². The largest absolute Gasteiger partial charge is 0.508 e. The third-order valence-corrected chi connectivity index (χ3v) is 10.9. The van der Waals surface area contributed by atoms with Gasteiger partial charge in [-0.25, -0.2) is 0 Å². The predicted octanol–water partition coefficient (Wildman–Crippen LogP) is 10.3. The summed E-state index contributed by atoms with van der Waals surface area (Å²) in [5.74, 6) is -1.19. The highest BCUT2D eigenvalue weighted by Crippen LogP contribution is 2.52. The molecule has 2 aliphatic rings. The number of hydrogen-bond acceptors (Lipinski definition) is 3. The highest BCUT2D eigenvalue weighted by atomic mass is 32.2. The standard InChI is InChI=1S/C33H49F5O2S/c1-3-17-31(2)29(15-16-30(31)40)28-23-24-13-14-27(39)22-26(24)21-25(28)12-9-7-5-4-6-8-10-19-41-20-11-18-32(34,35)33(36,37)38/h13-14,22,25,28-29,39H,3-12,15-21,23H2,1-2H3/t25-,28?,29?,31?/m1/s1. The molecule has 0 aromatic heterocycles. The van der Waals surface area contributed by atoms with Crippen molar-refractivity contribution in [1.29, 1.82) is 0 Å². The number of hydrogen-bond donors (Lipinski definition) is 1. The van der Waals surface area contributed by atoms with E-state index in [0.717, 1.165) is 70.0 Å². The Kier molecular flexibility index (Phi) is 12.9. The molecular weight excluding hydrogens is 555 g/mol. The molecule has 1 aromatic rings. The van der Waals surface area contributed by atoms with Crippen molar-refractivity contribution >= 4 is 17.5 Å². The van der Waals surface area contributed by atoms with Gasteiger partial charge in [0.05, 0.1) is 0 Å². The maximum absolute atomic E-state index is 13.0. The fourth-order valence-corrected chi connectivity index (χ4v) is 8.37. The van der Waals surface area contributed by atoms with Crippen molar-refractivity contribution in [2.75, 3.05) is 11.5 Å². The van der Waals surface area contributed by atoms with E-state index in [2.05, 4.69) is 19.9 Å². The quantitative estimate of drug-likeness (QED) is 0.142. The molecule has 0 amide bonds. The molecule has 0 radical (unpaired) electrons. The van der Waals surface area contributed by atoms with Gasteiger partial charge in [0.1, 0.15) is 11.5 Å². The van der Waals surface area contributed by atoms with Crippen LogP contribution in [-0.4, -0.2) is 34.5 Å². The third kappa shape index (κ3) is 9.34. The molecular formula is C33H49F5O2S. The van der Waals surface area contributed by atoms with Crippen LogP contribution in [0.3, 0.4) is 0 Å². The number of phenolic OH excluding ortho intramolecular Hbond substituents is 1. The number of carbonyl (C=O) groups excluding carboxylic acids is 1. The molecule has 1 fully saturated rings. The van der Waals surface area contributed by atoms with Gasteiger partial charge in [-0.2, -0.15) is 33.7 Å². The number of alkyl halides is 5. The SMILES string of the molecule is CCCC1(C)C(=O)CCC1C1Cc2ccc(O)cc2C[C@H]1CCCCCCCCCSCCCC(F)(F)C(F)(F)F. The van der Waals surface area contributed by atoms with E-state index >= 15 is 0 Å². The van der Waals surface area contributed by atoms with Crippen molar-refractivity contribution < 1.29 is 31.9 Å². The second-order valence-electron chi connectivity index (χ2n) is 12.7. The Hall–Kier alpha value is -1.31. The molecule has 41 heavy (non-hydrogen) atoms. The maximum Gasteiger partial charge on any atom is 0.453 e. The number of carbonyl (C=O) groups is 1. The van der Waals surface area contributed by atoms with Gasteiger partial charge in [-0.05, 0) is 97.5 Å². The van der Waals surface area contributed by atoms with E-state index in [1.54, 1.807) is 6.07 Å². The van der Waals surface area contributed by atoms with Crippen LogP contribution in [-0.2, 0) is 17.6 Å². The Morgan fingerprint density at radius 3 is 2.27 bits per heavy atom. The van der Waals surface area contributed by atoms with Crippen molar-refractivity contribution in [3.8, 4) is 5.75 Å². The minimum atomic E-state index is -5.45. The Morgan fingerprint density at radius 1 is 0.927 bits per heavy atom. The first kappa shape index (κ1) is 34.2. The van der Waals surface area contributed by atoms with Gasteiger partial charge in [0.25, 0.3) is 0 Å². The van der Waals surface area contributed by atoms with Crippen LogP contribution in [0.15, 0.2) is 18.2 Å². The maximum atomic E-state index is 13.0. The van der Waals surface area contributed by atoms with E-state index in [1.807, 2.05) is 6.07 Å². The number of ketones is 1. The zero-order valence-electron chi connectivity index (χ0n) is 24.8. The monoisotopic (exact) mass is 604 g/mol. The van der Waals surface area contributed by atoms with Crippen LogP contribution >= 0.6 is 11.8 Å². The van der Waals surface area contributed by atoms with Crippen molar-refractivity contribution in [3.63, 3.8) is 0 Å². The van der Waals surface area contributed by atoms with Gasteiger partial charge < -0.3 is 5.11 Å². The highest BCUT2D eigenvalue weighted by molar-refractivity contribution is 7.99. The Morgan fingerprint density at radius 2 is 1.59 bits per heavy atom. The number of Topliss-reactive ketones (excluding diaryl/α,β-unsaturated/α-hetero) is 1. The van der Waals surface area contributed by atoms with Gasteiger partial charge in [0.15, 0.2) is 0 Å². The normalized spacial score (nSPS) is 25.0. The minimum absolute atomic E-state index is 0.124. The molecule has 0 heterocycles. The van der Waals surface area contributed by atoms with Gasteiger partial charge in [-0.15, -0.1) is 0 Å². The van der Waals surface area contributed by atoms with E-state index in [0.29, 0.717) is 41.5 Å². The first-order chi connectivity index (χ1) is 19.4. The lowest BCUT2D eigenvalue weighted by Gasteiger charge is -2.43. The van der Waals surface area contributed by atoms with Gasteiger partial charge >= 0.3 is 12.1 Å². The smallest absolute Gasteiger partial charge is 0.453 e. The van der Waals surface area contributed by atoms with Crippen LogP contribution in [0.4, 0.5) is 22.0 Å². The molecule has 0 aliphatic heterocycles. The predicted molar refractivity (Wildman–Crippen MR) is 158 cm³/mol. The molecule has 1 aromatic carbocycles. The topological polar surface area (TPSA) is 37.3 Å². The summed E-state index contributed by atoms with van der Waals surface area (Å²) in [7, 11) is 0. The fraction of sp³-hybridized carbons (Fsp3) is 0.788. The minimum Gasteiger partial charge on any atom is -0.508 e. The summed E-state index contributed by atoms with van der Waals surface area (Å²) in [5, 5.41) is 10.1. The van der Waals surface area contributed by atoms with E-state index < -0.39 is 18.5 Å². The van der Waals surface area contributed by atoms with Crippen LogP contribution in [0.5, 0.6) is 5.75 Å². The van der Waals surface area contributed by atoms with E-state index in [-0.39, 0.29) is 11.8 Å². The average molecular weight is 605 g/mol. The molecule has 2 aliphatic carbocycles. The third-order valence-electron chi connectivity index (χ3n) is 9.71. The number of benzene rings is 1. The number of aromatic hydroxyl groups is 1. The highest BCUT2D eigenvalue weighted by Gasteiger charge is 2.56. The summed E-state index contributed by atoms with van der Waals surface area (Å²) >= 11 is 1.46. The van der Waals surface area contributed by atoms with Crippen LogP contribution in [0.1, 0.15) is 115 Å². The Balaban J connectivity index is 1.36. The molecule has 8 heteroatoms. The second kappa shape index (κ2) is 15.4. The zero-order chi connectivity index (χ0) is 30.1. The number of fused-ring (bicyclic) bond motifs is 1. The lowest BCUT2D eigenvalue weighted by Crippen LogP contribution is -2.40. The van der Waals surface area contributed by atoms with Gasteiger partial charge in [-0.1, -0.05) is 64.9 Å². The molecule has 2 nitrogen and oxygen atoms in total. The molecule has 0 bridgehead atoms. The first-order valence-electron chi connectivity index (χ1n) is 15.8. The summed E-state index contributed by atoms with van der Waals surface area (Å²) in [6.45, 7) is 4.39. The molecule has 1 N–H and O–H groups in total. The van der Waals surface area contributed by atoms with E-state index in [1.165, 1.54) is 42.2 Å². The van der Waals surface area contributed by atoms with Crippen molar-refractivity contribution in [2.24, 2.45) is 23.2 Å². The van der Waals surface area contributed by atoms with Crippen molar-refractivity contribution in [1.82, 2.24) is 0 Å². The summed E-state index contributed by atoms with van der Waals surface area (Å²) in [6.07, 6.45) is 7.94. The van der Waals surface area contributed by atoms with Gasteiger partial charge in [0.2, 0.25) is 0 Å².